The molecule has 1 aromatic carbocycles. The zero-order valence-electron chi connectivity index (χ0n) is 40.5. The predicted molar refractivity (Wildman–Crippen MR) is 244 cm³/mol. The molecular weight excluding hydrogens is 855 g/mol. The first kappa shape index (κ1) is 53.0. The van der Waals surface area contributed by atoms with E-state index in [9.17, 15) is 35.0 Å². The predicted octanol–water partition coefficient (Wildman–Crippen LogP) is 4.02. The van der Waals surface area contributed by atoms with Crippen molar-refractivity contribution in [3.05, 3.63) is 51.8 Å². The number of likely N-dealkylation sites (N-methyl/N-ethyl adjacent to an activating group) is 1. The van der Waals surface area contributed by atoms with E-state index >= 15 is 0 Å². The van der Waals surface area contributed by atoms with Crippen molar-refractivity contribution in [2.45, 2.75) is 173 Å². The molecule has 0 amide bonds. The van der Waals surface area contributed by atoms with Crippen LogP contribution in [-0.2, 0) is 52.8 Å². The first-order valence-corrected chi connectivity index (χ1v) is 23.7. The maximum absolute atomic E-state index is 14.4. The molecule has 0 radical (unpaired) electrons. The van der Waals surface area contributed by atoms with Gasteiger partial charge in [0, 0.05) is 81.7 Å². The molecule has 66 heavy (non-hydrogen) atoms. The second kappa shape index (κ2) is 23.4. The Bertz CT molecular complexity index is 1930. The summed E-state index contributed by atoms with van der Waals surface area (Å²) in [6.45, 7) is 16.3. The number of nitrogens with zero attached hydrogens (tertiary/aromatic N) is 6. The van der Waals surface area contributed by atoms with Gasteiger partial charge in [0.05, 0.1) is 40.2 Å². The number of aromatic nitrogens is 3. The van der Waals surface area contributed by atoms with Gasteiger partial charge < -0.3 is 49.3 Å². The summed E-state index contributed by atoms with van der Waals surface area (Å²) in [5, 5.41) is 63.2. The Balaban J connectivity index is 1.32. The SMILES string of the molecule is CC[C@H]1OC(=O)[C@H](C)C(=O)[C@H](C)[C@@H](O[C@@H]2O[C@H](C)C[C@H](N(C)CCc3cn(CCCCc4ccc([N+](=O)[O-])cc4)nn3)[C@H]2O)[C@](C)(OC)C[C@@H](C)/C(=N\O[C@@H]2CCNC2)[C@H](C)[C@@H](O)[C@]1(C)O. The van der Waals surface area contributed by atoms with Crippen LogP contribution in [0, 0.1) is 33.8 Å². The number of oxime groups is 1. The highest BCUT2D eigenvalue weighted by Crippen LogP contribution is 2.39. The van der Waals surface area contributed by atoms with E-state index in [1.54, 1.807) is 32.9 Å². The molecule has 19 nitrogen and oxygen atoms in total. The number of Topliss-reactive ketones (excluding diaryl/α,β-unsaturated/α-hetero) is 1. The summed E-state index contributed by atoms with van der Waals surface area (Å²) in [6, 6.07) is 6.22. The molecule has 0 bridgehead atoms. The lowest BCUT2D eigenvalue weighted by Gasteiger charge is -2.47. The number of benzene rings is 1. The summed E-state index contributed by atoms with van der Waals surface area (Å²) >= 11 is 0. The van der Waals surface area contributed by atoms with Crippen molar-refractivity contribution < 1.29 is 53.6 Å². The van der Waals surface area contributed by atoms with Crippen LogP contribution in [0.3, 0.4) is 0 Å². The van der Waals surface area contributed by atoms with Gasteiger partial charge in [-0.25, -0.2) is 0 Å². The molecule has 0 saturated carbocycles. The molecule has 0 spiro atoms. The molecule has 4 N–H and O–H groups in total. The Hall–Kier alpha value is -3.95. The summed E-state index contributed by atoms with van der Waals surface area (Å²) in [4.78, 5) is 46.8. The number of nitrogens with one attached hydrogen (secondary N) is 1. The van der Waals surface area contributed by atoms with E-state index in [0.717, 1.165) is 43.5 Å². The van der Waals surface area contributed by atoms with E-state index in [1.807, 2.05) is 38.7 Å². The Morgan fingerprint density at radius 3 is 2.42 bits per heavy atom. The summed E-state index contributed by atoms with van der Waals surface area (Å²) < 4.78 is 27.1. The van der Waals surface area contributed by atoms with Crippen LogP contribution in [0.15, 0.2) is 35.6 Å². The van der Waals surface area contributed by atoms with Gasteiger partial charge in [-0.05, 0) is 85.4 Å². The lowest BCUT2D eigenvalue weighted by atomic mass is 9.74. The molecule has 0 aliphatic carbocycles. The van der Waals surface area contributed by atoms with Crippen molar-refractivity contribution in [1.29, 1.82) is 0 Å². The van der Waals surface area contributed by atoms with E-state index in [-0.39, 0.29) is 30.7 Å². The van der Waals surface area contributed by atoms with E-state index in [0.29, 0.717) is 38.2 Å². The van der Waals surface area contributed by atoms with Crippen LogP contribution < -0.4 is 5.32 Å². The number of carbonyl (C=O) groups excluding carboxylic acids is 2. The number of nitro groups is 1. The molecule has 14 atom stereocenters. The van der Waals surface area contributed by atoms with Gasteiger partial charge in [-0.2, -0.15) is 0 Å². The Morgan fingerprint density at radius 1 is 1.08 bits per heavy atom. The largest absolute Gasteiger partial charge is 0.459 e. The zero-order chi connectivity index (χ0) is 48.5. The third kappa shape index (κ3) is 13.0. The van der Waals surface area contributed by atoms with E-state index in [4.69, 9.17) is 23.8 Å². The second-order valence-electron chi connectivity index (χ2n) is 19.3. The van der Waals surface area contributed by atoms with Gasteiger partial charge in [0.2, 0.25) is 0 Å². The second-order valence-corrected chi connectivity index (χ2v) is 19.3. The average molecular weight is 930 g/mol. The van der Waals surface area contributed by atoms with Crippen molar-refractivity contribution in [3.8, 4) is 0 Å². The van der Waals surface area contributed by atoms with Crippen molar-refractivity contribution in [1.82, 2.24) is 25.2 Å². The number of methoxy groups -OCH3 is 1. The Kier molecular flexibility index (Phi) is 18.8. The van der Waals surface area contributed by atoms with Crippen molar-refractivity contribution in [2.75, 3.05) is 33.8 Å². The number of nitro benzene ring substituents is 1. The van der Waals surface area contributed by atoms with Gasteiger partial charge in [0.1, 0.15) is 29.8 Å². The van der Waals surface area contributed by atoms with Crippen LogP contribution in [0.1, 0.15) is 105 Å². The number of aryl methyl sites for hydroxylation is 2. The number of rotatable bonds is 16. The molecule has 370 valence electrons. The summed E-state index contributed by atoms with van der Waals surface area (Å²) in [7, 11) is 3.44. The molecule has 2 aromatic rings. The molecule has 1 aromatic heterocycles. The molecule has 3 aliphatic heterocycles. The fourth-order valence-corrected chi connectivity index (χ4v) is 9.80. The highest BCUT2D eigenvalue weighted by atomic mass is 16.7. The third-order valence-electron chi connectivity index (χ3n) is 14.1. The number of aliphatic hydroxyl groups is 3. The van der Waals surface area contributed by atoms with Gasteiger partial charge in [0.25, 0.3) is 5.69 Å². The fraction of sp³-hybridized carbons (Fsp3) is 0.766. The molecule has 19 heteroatoms. The van der Waals surface area contributed by atoms with E-state index < -0.39 is 88.3 Å². The van der Waals surface area contributed by atoms with Crippen molar-refractivity contribution in [2.24, 2.45) is 28.8 Å². The van der Waals surface area contributed by atoms with Crippen LogP contribution in [0.5, 0.6) is 0 Å². The van der Waals surface area contributed by atoms with Gasteiger partial charge in [0.15, 0.2) is 12.1 Å². The maximum atomic E-state index is 14.4. The standard InChI is InChI=1S/C47H75N7O12/c1-11-38-47(8,59)42(57)30(4)39(50-66-36-19-21-48-26-36)28(2)25-46(7,62-10)43(31(5)40(55)32(6)44(58)64-38)65-45-41(56)37(24-29(3)63-45)52(9)23-20-34-27-53(51-49-34)22-13-12-14-33-15-17-35(18-16-33)54(60)61/h15-18,27-32,36-38,41-43,45,48,56-57,59H,11-14,19-26H2,1-10H3/b50-39+/t28-,29-,30+,31+,32-,36-,37+,38-,41-,42-,43-,45+,46-,47-/m1/s1. The van der Waals surface area contributed by atoms with Crippen LogP contribution in [0.2, 0.25) is 0 Å². The number of ketones is 1. The first-order chi connectivity index (χ1) is 31.2. The number of hydrogen-bond donors (Lipinski definition) is 4. The van der Waals surface area contributed by atoms with E-state index in [1.165, 1.54) is 33.1 Å². The van der Waals surface area contributed by atoms with Gasteiger partial charge in [-0.1, -0.05) is 50.2 Å². The van der Waals surface area contributed by atoms with E-state index in [2.05, 4.69) is 25.7 Å². The van der Waals surface area contributed by atoms with Crippen molar-refractivity contribution in [3.63, 3.8) is 0 Å². The average Bonchev–Trinajstić information content (AvgIpc) is 4.00. The van der Waals surface area contributed by atoms with Gasteiger partial charge in [-0.3, -0.25) is 24.4 Å². The Morgan fingerprint density at radius 2 is 1.79 bits per heavy atom. The molecule has 3 aliphatic rings. The van der Waals surface area contributed by atoms with Crippen LogP contribution in [-0.4, -0.2) is 152 Å². The third-order valence-corrected chi connectivity index (χ3v) is 14.1. The molecule has 4 heterocycles. The molecule has 0 unspecified atom stereocenters. The molecular formula is C47H75N7O12. The monoisotopic (exact) mass is 930 g/mol. The first-order valence-electron chi connectivity index (χ1n) is 23.7. The number of non-ortho nitro benzene ring substituents is 1. The van der Waals surface area contributed by atoms with Crippen molar-refractivity contribution >= 4 is 23.2 Å². The lowest BCUT2D eigenvalue weighted by molar-refractivity contribution is -0.384. The number of esters is 1. The van der Waals surface area contributed by atoms with Gasteiger partial charge >= 0.3 is 5.97 Å². The summed E-state index contributed by atoms with van der Waals surface area (Å²) in [5.41, 5.74) is -0.811. The minimum absolute atomic E-state index is 0.0773. The molecule has 5 rings (SSSR count). The van der Waals surface area contributed by atoms with Crippen LogP contribution >= 0.6 is 0 Å². The summed E-state index contributed by atoms with van der Waals surface area (Å²) in [6.07, 6.45) is 0.101. The highest BCUT2D eigenvalue weighted by molar-refractivity contribution is 6.00. The molecule has 3 saturated heterocycles. The maximum Gasteiger partial charge on any atom is 0.316 e. The number of unbranched alkanes of at least 4 members (excludes halogenated alkanes) is 1. The minimum atomic E-state index is -1.91. The Labute approximate surface area is 389 Å². The smallest absolute Gasteiger partial charge is 0.316 e. The molecule has 3 fully saturated rings. The normalized spacial score (nSPS) is 35.8. The summed E-state index contributed by atoms with van der Waals surface area (Å²) in [5.74, 6) is -4.83. The van der Waals surface area contributed by atoms with Gasteiger partial charge in [-0.15, -0.1) is 5.10 Å². The topological polar surface area (TPSA) is 242 Å². The number of aliphatic hydroxyl groups excluding tert-OH is 2. The fourth-order valence-electron chi connectivity index (χ4n) is 9.80. The number of cyclic esters (lactones) is 1. The quantitative estimate of drug-likeness (QED) is 0.0611. The van der Waals surface area contributed by atoms with Crippen LogP contribution in [0.25, 0.3) is 0 Å². The highest BCUT2D eigenvalue weighted by Gasteiger charge is 2.52. The van der Waals surface area contributed by atoms with Crippen LogP contribution in [0.4, 0.5) is 5.69 Å². The number of hydrogen-bond acceptors (Lipinski definition) is 17. The number of ether oxygens (including phenoxy) is 4. The zero-order valence-corrected chi connectivity index (χ0v) is 40.5. The number of carbonyl (C=O) groups is 2. The minimum Gasteiger partial charge on any atom is -0.459 e. The lowest BCUT2D eigenvalue weighted by Crippen LogP contribution is -2.60.